The fraction of sp³-hybridized carbons (Fsp3) is 0.429. The van der Waals surface area contributed by atoms with Gasteiger partial charge in [-0.25, -0.2) is 0 Å². The number of carboxylic acids is 1. The van der Waals surface area contributed by atoms with Crippen LogP contribution in [0.5, 0.6) is 5.75 Å². The summed E-state index contributed by atoms with van der Waals surface area (Å²) in [5.41, 5.74) is 0.971. The lowest BCUT2D eigenvalue weighted by Gasteiger charge is -2.15. The lowest BCUT2D eigenvalue weighted by molar-refractivity contribution is -0.136. The molecule has 5 nitrogen and oxygen atoms in total. The fourth-order valence-electron chi connectivity index (χ4n) is 1.84. The third-order valence-electron chi connectivity index (χ3n) is 2.82. The molecule has 0 aromatic heterocycles. The smallest absolute Gasteiger partial charge is 0.305 e. The average molecular weight is 265 g/mol. The van der Waals surface area contributed by atoms with Crippen molar-refractivity contribution in [3.8, 4) is 5.75 Å². The molecule has 5 heteroatoms. The van der Waals surface area contributed by atoms with Gasteiger partial charge in [0.2, 0.25) is 5.91 Å². The van der Waals surface area contributed by atoms with Crippen molar-refractivity contribution in [1.82, 2.24) is 5.32 Å². The first-order valence-electron chi connectivity index (χ1n) is 6.16. The van der Waals surface area contributed by atoms with Crippen LogP contribution < -0.4 is 10.1 Å². The van der Waals surface area contributed by atoms with Gasteiger partial charge >= 0.3 is 5.97 Å². The van der Waals surface area contributed by atoms with Crippen LogP contribution in [0, 0.1) is 0 Å². The van der Waals surface area contributed by atoms with Crippen molar-refractivity contribution in [3.63, 3.8) is 0 Å². The van der Waals surface area contributed by atoms with Gasteiger partial charge in [0.05, 0.1) is 13.5 Å². The number of para-hydroxylation sites is 1. The van der Waals surface area contributed by atoms with Crippen molar-refractivity contribution < 1.29 is 19.4 Å². The van der Waals surface area contributed by atoms with Crippen LogP contribution in [0.4, 0.5) is 0 Å². The van der Waals surface area contributed by atoms with Crippen LogP contribution >= 0.6 is 0 Å². The summed E-state index contributed by atoms with van der Waals surface area (Å²) in [6, 6.07) is 7.56. The molecule has 1 amide bonds. The van der Waals surface area contributed by atoms with Gasteiger partial charge in [0, 0.05) is 13.0 Å². The van der Waals surface area contributed by atoms with Crippen molar-refractivity contribution in [3.05, 3.63) is 29.8 Å². The summed E-state index contributed by atoms with van der Waals surface area (Å²) in [4.78, 5) is 22.0. The van der Waals surface area contributed by atoms with Crippen LogP contribution in [-0.2, 0) is 9.59 Å². The molecule has 0 aliphatic heterocycles. The molecule has 0 radical (unpaired) electrons. The lowest BCUT2D eigenvalue weighted by Crippen LogP contribution is -2.27. The highest BCUT2D eigenvalue weighted by Gasteiger charge is 2.14. The van der Waals surface area contributed by atoms with E-state index in [1.807, 2.05) is 31.2 Å². The number of benzene rings is 1. The Bertz CT molecular complexity index is 445. The minimum absolute atomic E-state index is 0.0148. The molecule has 0 bridgehead atoms. The number of rotatable bonds is 7. The zero-order valence-corrected chi connectivity index (χ0v) is 11.2. The SMILES string of the molecule is COc1ccccc1C(C)CC(=O)NCCC(=O)O. The van der Waals surface area contributed by atoms with Gasteiger partial charge in [-0.05, 0) is 17.5 Å². The first kappa shape index (κ1) is 15.0. The molecule has 0 spiro atoms. The maximum absolute atomic E-state index is 11.7. The minimum atomic E-state index is -0.918. The number of aliphatic carboxylic acids is 1. The van der Waals surface area contributed by atoms with Crippen molar-refractivity contribution in [2.45, 2.75) is 25.7 Å². The molecule has 1 rings (SSSR count). The predicted octanol–water partition coefficient (Wildman–Crippen LogP) is 1.78. The summed E-state index contributed by atoms with van der Waals surface area (Å²) >= 11 is 0. The maximum Gasteiger partial charge on any atom is 0.305 e. The Balaban J connectivity index is 2.52. The number of carbonyl (C=O) groups excluding carboxylic acids is 1. The van der Waals surface area contributed by atoms with E-state index in [4.69, 9.17) is 9.84 Å². The van der Waals surface area contributed by atoms with Gasteiger partial charge < -0.3 is 15.2 Å². The van der Waals surface area contributed by atoms with E-state index < -0.39 is 5.97 Å². The second kappa shape index (κ2) is 7.41. The third-order valence-corrected chi connectivity index (χ3v) is 2.82. The van der Waals surface area contributed by atoms with Crippen LogP contribution in [-0.4, -0.2) is 30.6 Å². The summed E-state index contributed by atoms with van der Waals surface area (Å²) in [6.45, 7) is 2.10. The summed E-state index contributed by atoms with van der Waals surface area (Å²) in [5.74, 6) is -0.299. The number of nitrogens with one attached hydrogen (secondary N) is 1. The van der Waals surface area contributed by atoms with Crippen molar-refractivity contribution in [1.29, 1.82) is 0 Å². The van der Waals surface area contributed by atoms with Crippen LogP contribution in [0.25, 0.3) is 0 Å². The highest BCUT2D eigenvalue weighted by Crippen LogP contribution is 2.28. The molecular formula is C14H19NO4. The van der Waals surface area contributed by atoms with Gasteiger partial charge in [-0.3, -0.25) is 9.59 Å². The molecule has 1 atom stereocenters. The third kappa shape index (κ3) is 4.99. The zero-order valence-electron chi connectivity index (χ0n) is 11.2. The molecule has 1 unspecified atom stereocenters. The van der Waals surface area contributed by atoms with Gasteiger partial charge in [-0.1, -0.05) is 25.1 Å². The molecule has 0 fully saturated rings. The zero-order chi connectivity index (χ0) is 14.3. The minimum Gasteiger partial charge on any atom is -0.496 e. The molecule has 0 saturated carbocycles. The lowest BCUT2D eigenvalue weighted by atomic mass is 9.96. The number of methoxy groups -OCH3 is 1. The molecule has 19 heavy (non-hydrogen) atoms. The number of ether oxygens (including phenoxy) is 1. The highest BCUT2D eigenvalue weighted by atomic mass is 16.5. The number of carbonyl (C=O) groups is 2. The van der Waals surface area contributed by atoms with E-state index in [1.165, 1.54) is 0 Å². The summed E-state index contributed by atoms with van der Waals surface area (Å²) in [6.07, 6.45) is 0.245. The van der Waals surface area contributed by atoms with Crippen molar-refractivity contribution >= 4 is 11.9 Å². The highest BCUT2D eigenvalue weighted by molar-refractivity contribution is 5.77. The van der Waals surface area contributed by atoms with E-state index in [-0.39, 0.29) is 24.8 Å². The molecule has 104 valence electrons. The van der Waals surface area contributed by atoms with E-state index in [0.717, 1.165) is 11.3 Å². The largest absolute Gasteiger partial charge is 0.496 e. The second-order valence-electron chi connectivity index (χ2n) is 4.34. The Kier molecular flexibility index (Phi) is 5.85. The monoisotopic (exact) mass is 265 g/mol. The number of amides is 1. The molecule has 0 heterocycles. The number of carboxylic acid groups (broad SMARTS) is 1. The van der Waals surface area contributed by atoms with Crippen LogP contribution in [0.15, 0.2) is 24.3 Å². The van der Waals surface area contributed by atoms with Gasteiger partial charge in [-0.2, -0.15) is 0 Å². The summed E-state index contributed by atoms with van der Waals surface area (Å²) in [7, 11) is 1.60. The predicted molar refractivity (Wildman–Crippen MR) is 71.3 cm³/mol. The summed E-state index contributed by atoms with van der Waals surface area (Å²) in [5, 5.41) is 11.1. The normalized spacial score (nSPS) is 11.7. The quantitative estimate of drug-likeness (QED) is 0.788. The van der Waals surface area contributed by atoms with E-state index in [2.05, 4.69) is 5.32 Å². The topological polar surface area (TPSA) is 75.6 Å². The molecular weight excluding hydrogens is 246 g/mol. The van der Waals surface area contributed by atoms with Gasteiger partial charge in [0.1, 0.15) is 5.75 Å². The molecule has 0 aliphatic carbocycles. The molecule has 1 aromatic carbocycles. The molecule has 1 aromatic rings. The van der Waals surface area contributed by atoms with Crippen LogP contribution in [0.1, 0.15) is 31.2 Å². The molecule has 0 aliphatic rings. The van der Waals surface area contributed by atoms with Crippen LogP contribution in [0.2, 0.25) is 0 Å². The molecule has 2 N–H and O–H groups in total. The second-order valence-corrected chi connectivity index (χ2v) is 4.34. The van der Waals surface area contributed by atoms with E-state index in [9.17, 15) is 9.59 Å². The summed E-state index contributed by atoms with van der Waals surface area (Å²) < 4.78 is 5.25. The average Bonchev–Trinajstić information content (AvgIpc) is 2.38. The van der Waals surface area contributed by atoms with E-state index >= 15 is 0 Å². The van der Waals surface area contributed by atoms with Crippen LogP contribution in [0.3, 0.4) is 0 Å². The maximum atomic E-state index is 11.7. The molecule has 0 saturated heterocycles. The first-order chi connectivity index (χ1) is 9.04. The number of hydrogen-bond acceptors (Lipinski definition) is 3. The van der Waals surface area contributed by atoms with E-state index in [1.54, 1.807) is 7.11 Å². The Hall–Kier alpha value is -2.04. The Morgan fingerprint density at radius 3 is 2.68 bits per heavy atom. The standard InChI is InChI=1S/C14H19NO4/c1-10(9-13(16)15-8-7-14(17)18)11-5-3-4-6-12(11)19-2/h3-6,10H,7-9H2,1-2H3,(H,15,16)(H,17,18). The van der Waals surface area contributed by atoms with Gasteiger partial charge in [-0.15, -0.1) is 0 Å². The Morgan fingerprint density at radius 1 is 1.37 bits per heavy atom. The van der Waals surface area contributed by atoms with Gasteiger partial charge in [0.15, 0.2) is 0 Å². The van der Waals surface area contributed by atoms with E-state index in [0.29, 0.717) is 6.42 Å². The van der Waals surface area contributed by atoms with Gasteiger partial charge in [0.25, 0.3) is 0 Å². The first-order valence-corrected chi connectivity index (χ1v) is 6.16. The Labute approximate surface area is 112 Å². The fourth-order valence-corrected chi connectivity index (χ4v) is 1.84. The van der Waals surface area contributed by atoms with Crippen molar-refractivity contribution in [2.24, 2.45) is 0 Å². The number of hydrogen-bond donors (Lipinski definition) is 2. The van der Waals surface area contributed by atoms with Crippen molar-refractivity contribution in [2.75, 3.05) is 13.7 Å². The Morgan fingerprint density at radius 2 is 2.05 bits per heavy atom.